The summed E-state index contributed by atoms with van der Waals surface area (Å²) in [5.74, 6) is 0. The predicted octanol–water partition coefficient (Wildman–Crippen LogP) is 10.4. The number of benzene rings is 8. The molecule has 0 aromatic heterocycles. The number of anilines is 9. The lowest BCUT2D eigenvalue weighted by atomic mass is 9.33. The molecule has 0 fully saturated rings. The van der Waals surface area contributed by atoms with Gasteiger partial charge in [0.05, 0.1) is 0 Å². The molecule has 8 aromatic rings. The van der Waals surface area contributed by atoms with Crippen LogP contribution in [0.25, 0.3) is 10.8 Å². The normalized spacial score (nSPS) is 12.7. The van der Waals surface area contributed by atoms with E-state index in [1.807, 2.05) is 0 Å². The van der Waals surface area contributed by atoms with Crippen molar-refractivity contribution in [1.82, 2.24) is 0 Å². The second-order valence-corrected chi connectivity index (χ2v) is 13.0. The van der Waals surface area contributed by atoms with Gasteiger partial charge >= 0.3 is 0 Å². The zero-order valence-corrected chi connectivity index (χ0v) is 27.4. The summed E-state index contributed by atoms with van der Waals surface area (Å²) in [6, 6.07) is 70.4. The summed E-state index contributed by atoms with van der Waals surface area (Å²) in [6.07, 6.45) is 0. The molecular weight excluding hydrogens is 605 g/mol. The van der Waals surface area contributed by atoms with Crippen LogP contribution < -0.4 is 31.1 Å². The average Bonchev–Trinajstić information content (AvgIpc) is 3.19. The van der Waals surface area contributed by atoms with Crippen LogP contribution in [0.2, 0.25) is 0 Å². The van der Waals surface area contributed by atoms with Gasteiger partial charge in [-0.25, -0.2) is 0 Å². The molecule has 0 N–H and O–H groups in total. The lowest BCUT2D eigenvalue weighted by Gasteiger charge is -2.44. The van der Waals surface area contributed by atoms with Crippen LogP contribution in [0.3, 0.4) is 0 Å². The molecule has 0 radical (unpaired) electrons. The first-order valence-corrected chi connectivity index (χ1v) is 17.2. The van der Waals surface area contributed by atoms with Crippen molar-refractivity contribution in [2.24, 2.45) is 0 Å². The van der Waals surface area contributed by atoms with Crippen LogP contribution in [0.15, 0.2) is 194 Å². The highest BCUT2D eigenvalue weighted by molar-refractivity contribution is 7.00. The Morgan fingerprint density at radius 2 is 0.860 bits per heavy atom. The first-order valence-electron chi connectivity index (χ1n) is 17.2. The Labute approximate surface area is 293 Å². The number of nitrogens with zero attached hydrogens (tertiary/aromatic N) is 3. The highest BCUT2D eigenvalue weighted by Crippen LogP contribution is 2.45. The number of rotatable bonds is 5. The van der Waals surface area contributed by atoms with Gasteiger partial charge in [0, 0.05) is 51.2 Å². The standard InChI is InChI=1S/C46H32BN3/c1-4-17-35(18-5-1)48(38-28-27-33-15-10-11-16-34(33)31-38)39-29-30-41-45(32-39)50(37-21-8-3-9-22-37)44-26-14-25-43-46(44)47(41)40-23-12-13-24-42(40)49(43)36-19-6-2-7-20-36/h1-32H. The molecule has 2 heterocycles. The summed E-state index contributed by atoms with van der Waals surface area (Å²) in [7, 11) is 0. The molecule has 3 nitrogen and oxygen atoms in total. The maximum atomic E-state index is 2.47. The van der Waals surface area contributed by atoms with E-state index in [4.69, 9.17) is 0 Å². The van der Waals surface area contributed by atoms with E-state index in [9.17, 15) is 0 Å². The van der Waals surface area contributed by atoms with E-state index in [1.54, 1.807) is 0 Å². The molecule has 0 amide bonds. The van der Waals surface area contributed by atoms with Crippen LogP contribution in [0.5, 0.6) is 0 Å². The van der Waals surface area contributed by atoms with Gasteiger partial charge in [-0.3, -0.25) is 0 Å². The van der Waals surface area contributed by atoms with E-state index >= 15 is 0 Å². The fraction of sp³-hybridized carbons (Fsp3) is 0. The van der Waals surface area contributed by atoms with Gasteiger partial charge in [0.25, 0.3) is 6.71 Å². The summed E-state index contributed by atoms with van der Waals surface area (Å²) in [6.45, 7) is 0.0761. The van der Waals surface area contributed by atoms with Gasteiger partial charge in [-0.05, 0) is 106 Å². The van der Waals surface area contributed by atoms with E-state index in [1.165, 1.54) is 49.9 Å². The second-order valence-electron chi connectivity index (χ2n) is 13.0. The number of hydrogen-bond acceptors (Lipinski definition) is 3. The maximum Gasteiger partial charge on any atom is 0.252 e. The predicted molar refractivity (Wildman–Crippen MR) is 213 cm³/mol. The Morgan fingerprint density at radius 1 is 0.340 bits per heavy atom. The topological polar surface area (TPSA) is 9.72 Å². The summed E-state index contributed by atoms with van der Waals surface area (Å²) < 4.78 is 0. The van der Waals surface area contributed by atoms with Gasteiger partial charge in [-0.2, -0.15) is 0 Å². The number of hydrogen-bond donors (Lipinski definition) is 0. The van der Waals surface area contributed by atoms with Crippen molar-refractivity contribution >= 4 is 85.1 Å². The van der Waals surface area contributed by atoms with E-state index < -0.39 is 0 Å². The Hall–Kier alpha value is -6.52. The van der Waals surface area contributed by atoms with Crippen LogP contribution in [-0.4, -0.2) is 6.71 Å². The summed E-state index contributed by atoms with van der Waals surface area (Å²) in [5.41, 5.74) is 14.4. The Balaban J connectivity index is 1.23. The molecule has 10 rings (SSSR count). The smallest absolute Gasteiger partial charge is 0.252 e. The van der Waals surface area contributed by atoms with Crippen LogP contribution in [0.1, 0.15) is 0 Å². The van der Waals surface area contributed by atoms with Gasteiger partial charge in [-0.15, -0.1) is 0 Å². The molecule has 0 saturated heterocycles. The molecule has 4 heteroatoms. The lowest BCUT2D eigenvalue weighted by Crippen LogP contribution is -2.61. The summed E-state index contributed by atoms with van der Waals surface area (Å²) in [5, 5.41) is 2.45. The van der Waals surface area contributed by atoms with E-state index in [2.05, 4.69) is 209 Å². The van der Waals surface area contributed by atoms with Crippen molar-refractivity contribution < 1.29 is 0 Å². The molecular formula is C46H32BN3. The van der Waals surface area contributed by atoms with Gasteiger partial charge in [0.15, 0.2) is 0 Å². The van der Waals surface area contributed by atoms with Crippen molar-refractivity contribution in [3.63, 3.8) is 0 Å². The van der Waals surface area contributed by atoms with Crippen molar-refractivity contribution in [2.45, 2.75) is 0 Å². The van der Waals surface area contributed by atoms with Crippen LogP contribution in [0.4, 0.5) is 51.2 Å². The molecule has 0 aliphatic carbocycles. The summed E-state index contributed by atoms with van der Waals surface area (Å²) in [4.78, 5) is 7.28. The summed E-state index contributed by atoms with van der Waals surface area (Å²) >= 11 is 0. The monoisotopic (exact) mass is 637 g/mol. The Morgan fingerprint density at radius 3 is 1.58 bits per heavy atom. The largest absolute Gasteiger partial charge is 0.311 e. The molecule has 234 valence electrons. The van der Waals surface area contributed by atoms with Crippen molar-refractivity contribution in [2.75, 3.05) is 14.7 Å². The molecule has 2 aliphatic heterocycles. The van der Waals surface area contributed by atoms with E-state index in [0.29, 0.717) is 0 Å². The Bertz CT molecular complexity index is 2520. The quantitative estimate of drug-likeness (QED) is 0.174. The van der Waals surface area contributed by atoms with Gasteiger partial charge in [0.1, 0.15) is 0 Å². The molecule has 0 saturated carbocycles. The fourth-order valence-corrected chi connectivity index (χ4v) is 8.06. The van der Waals surface area contributed by atoms with Gasteiger partial charge in [0.2, 0.25) is 0 Å². The molecule has 0 spiro atoms. The van der Waals surface area contributed by atoms with Crippen LogP contribution >= 0.6 is 0 Å². The minimum absolute atomic E-state index is 0.0761. The molecule has 0 bridgehead atoms. The van der Waals surface area contributed by atoms with Gasteiger partial charge in [-0.1, -0.05) is 115 Å². The van der Waals surface area contributed by atoms with Crippen molar-refractivity contribution in [1.29, 1.82) is 0 Å². The minimum Gasteiger partial charge on any atom is -0.311 e. The highest BCUT2D eigenvalue weighted by Gasteiger charge is 2.43. The van der Waals surface area contributed by atoms with Crippen molar-refractivity contribution in [3.8, 4) is 0 Å². The molecule has 0 unspecified atom stereocenters. The van der Waals surface area contributed by atoms with Crippen LogP contribution in [0, 0.1) is 0 Å². The zero-order valence-electron chi connectivity index (χ0n) is 27.4. The molecule has 8 aromatic carbocycles. The van der Waals surface area contributed by atoms with Gasteiger partial charge < -0.3 is 14.7 Å². The second kappa shape index (κ2) is 11.6. The number of para-hydroxylation sites is 4. The van der Waals surface area contributed by atoms with Crippen LogP contribution in [-0.2, 0) is 0 Å². The third kappa shape index (κ3) is 4.46. The molecule has 2 aliphatic rings. The van der Waals surface area contributed by atoms with E-state index in [-0.39, 0.29) is 6.71 Å². The third-order valence-electron chi connectivity index (χ3n) is 10.2. The highest BCUT2D eigenvalue weighted by atomic mass is 15.2. The Kier molecular flexibility index (Phi) is 6.60. The molecule has 50 heavy (non-hydrogen) atoms. The lowest BCUT2D eigenvalue weighted by molar-refractivity contribution is 1.24. The zero-order chi connectivity index (χ0) is 33.0. The maximum absolute atomic E-state index is 2.47. The first-order chi connectivity index (χ1) is 24.8. The third-order valence-corrected chi connectivity index (χ3v) is 10.2. The van der Waals surface area contributed by atoms with E-state index in [0.717, 1.165) is 28.4 Å². The minimum atomic E-state index is 0.0761. The first kappa shape index (κ1) is 28.5. The van der Waals surface area contributed by atoms with Crippen molar-refractivity contribution in [3.05, 3.63) is 194 Å². The average molecular weight is 638 g/mol. The molecule has 0 atom stereocenters. The fourth-order valence-electron chi connectivity index (χ4n) is 8.06. The SMILES string of the molecule is c1ccc(N(c2ccc3c(c2)N(c2ccccc2)c2cccc4c2B3c2ccccc2N4c2ccccc2)c2ccc3ccccc3c2)cc1. The number of fused-ring (bicyclic) bond motifs is 5.